The molecule has 0 radical (unpaired) electrons. The van der Waals surface area contributed by atoms with Gasteiger partial charge < -0.3 is 23.7 Å². The van der Waals surface area contributed by atoms with Crippen LogP contribution >= 0.6 is 0 Å². The van der Waals surface area contributed by atoms with Crippen molar-refractivity contribution >= 4 is 11.0 Å². The Hall–Kier alpha value is -2.87. The lowest BCUT2D eigenvalue weighted by molar-refractivity contribution is 0.110. The molecule has 31 heavy (non-hydrogen) atoms. The fourth-order valence-corrected chi connectivity index (χ4v) is 3.64. The molecular formula is C24H29NO6. The van der Waals surface area contributed by atoms with Gasteiger partial charge >= 0.3 is 5.63 Å². The highest BCUT2D eigenvalue weighted by atomic mass is 16.5. The van der Waals surface area contributed by atoms with Gasteiger partial charge in [-0.15, -0.1) is 0 Å². The molecule has 0 fully saturated rings. The van der Waals surface area contributed by atoms with Gasteiger partial charge in [0.05, 0.1) is 31.5 Å². The number of rotatable bonds is 10. The van der Waals surface area contributed by atoms with Gasteiger partial charge in [-0.05, 0) is 42.3 Å². The van der Waals surface area contributed by atoms with Crippen LogP contribution in [-0.2, 0) is 16.0 Å². The topological polar surface area (TPSA) is 81.4 Å². The minimum absolute atomic E-state index is 0.0899. The second-order valence-corrected chi connectivity index (χ2v) is 7.32. The number of aryl methyl sites for hydroxylation is 1. The summed E-state index contributed by atoms with van der Waals surface area (Å²) in [5, 5.41) is 11.4. The lowest BCUT2D eigenvalue weighted by atomic mass is 9.97. The molecule has 0 aliphatic carbocycles. The monoisotopic (exact) mass is 427 g/mol. The van der Waals surface area contributed by atoms with E-state index in [2.05, 4.69) is 4.90 Å². The standard InChI is InChI=1S/C24H29NO6/c1-16-19-9-10-21(26)20(15-25(11-13-28-2)12-14-29-3)23(19)31-24(27)22(16)17-5-7-18(30-4)8-6-17/h5-10,26H,11-15H2,1-4H3. The minimum Gasteiger partial charge on any atom is -0.507 e. The third kappa shape index (κ3) is 5.07. The molecule has 3 aromatic rings. The van der Waals surface area contributed by atoms with Crippen molar-refractivity contribution in [3.8, 4) is 22.6 Å². The Morgan fingerprint density at radius 3 is 2.19 bits per heavy atom. The molecule has 0 spiro atoms. The molecule has 166 valence electrons. The van der Waals surface area contributed by atoms with Gasteiger partial charge in [0.1, 0.15) is 17.1 Å². The van der Waals surface area contributed by atoms with Gasteiger partial charge in [0.25, 0.3) is 0 Å². The van der Waals surface area contributed by atoms with E-state index < -0.39 is 5.63 Å². The van der Waals surface area contributed by atoms with Gasteiger partial charge in [-0.3, -0.25) is 4.90 Å². The number of ether oxygens (including phenoxy) is 3. The van der Waals surface area contributed by atoms with Crippen molar-refractivity contribution in [3.63, 3.8) is 0 Å². The van der Waals surface area contributed by atoms with Crippen LogP contribution in [0.2, 0.25) is 0 Å². The highest BCUT2D eigenvalue weighted by Gasteiger charge is 2.19. The number of aromatic hydroxyl groups is 1. The van der Waals surface area contributed by atoms with Crippen molar-refractivity contribution in [3.05, 3.63) is 57.9 Å². The number of hydrogen-bond donors (Lipinski definition) is 1. The van der Waals surface area contributed by atoms with E-state index in [4.69, 9.17) is 18.6 Å². The molecule has 0 unspecified atom stereocenters. The first-order chi connectivity index (χ1) is 15.0. The Balaban J connectivity index is 2.07. The Bertz CT molecular complexity index is 1070. The normalized spacial score (nSPS) is 11.4. The van der Waals surface area contributed by atoms with E-state index in [0.717, 1.165) is 16.5 Å². The minimum atomic E-state index is -0.442. The van der Waals surface area contributed by atoms with Gasteiger partial charge in [-0.1, -0.05) is 12.1 Å². The van der Waals surface area contributed by atoms with Crippen molar-refractivity contribution < 1.29 is 23.7 Å². The third-order valence-electron chi connectivity index (χ3n) is 5.40. The SMILES string of the molecule is COCCN(CCOC)Cc1c(O)ccc2c(C)c(-c3ccc(OC)cc3)c(=O)oc12. The molecule has 1 N–H and O–H groups in total. The second kappa shape index (κ2) is 10.4. The fraction of sp³-hybridized carbons (Fsp3) is 0.375. The summed E-state index contributed by atoms with van der Waals surface area (Å²) in [6.07, 6.45) is 0. The molecule has 0 saturated heterocycles. The van der Waals surface area contributed by atoms with Crippen LogP contribution in [0.4, 0.5) is 0 Å². The molecule has 0 saturated carbocycles. The third-order valence-corrected chi connectivity index (χ3v) is 5.40. The zero-order valence-corrected chi connectivity index (χ0v) is 18.4. The van der Waals surface area contributed by atoms with E-state index in [1.54, 1.807) is 33.5 Å². The van der Waals surface area contributed by atoms with Crippen molar-refractivity contribution in [2.24, 2.45) is 0 Å². The Morgan fingerprint density at radius 2 is 1.61 bits per heavy atom. The van der Waals surface area contributed by atoms with Crippen LogP contribution in [0.25, 0.3) is 22.1 Å². The van der Waals surface area contributed by atoms with Crippen molar-refractivity contribution in [1.82, 2.24) is 4.90 Å². The van der Waals surface area contributed by atoms with E-state index >= 15 is 0 Å². The zero-order chi connectivity index (χ0) is 22.4. The molecule has 0 aliphatic rings. The average molecular weight is 427 g/mol. The summed E-state index contributed by atoms with van der Waals surface area (Å²) in [6.45, 7) is 4.69. The van der Waals surface area contributed by atoms with Crippen molar-refractivity contribution in [1.29, 1.82) is 0 Å². The van der Waals surface area contributed by atoms with Crippen LogP contribution < -0.4 is 10.4 Å². The van der Waals surface area contributed by atoms with Crippen LogP contribution in [0.1, 0.15) is 11.1 Å². The smallest absolute Gasteiger partial charge is 0.344 e. The van der Waals surface area contributed by atoms with Crippen LogP contribution in [0.5, 0.6) is 11.5 Å². The number of hydrogen-bond acceptors (Lipinski definition) is 7. The molecule has 0 atom stereocenters. The summed E-state index contributed by atoms with van der Waals surface area (Å²) in [6, 6.07) is 10.7. The van der Waals surface area contributed by atoms with Crippen molar-refractivity contribution in [2.75, 3.05) is 47.6 Å². The number of phenols is 1. The highest BCUT2D eigenvalue weighted by molar-refractivity contribution is 5.89. The summed E-state index contributed by atoms with van der Waals surface area (Å²) in [5.74, 6) is 0.804. The van der Waals surface area contributed by atoms with Gasteiger partial charge in [-0.25, -0.2) is 4.79 Å². The number of methoxy groups -OCH3 is 3. The summed E-state index contributed by atoms with van der Waals surface area (Å²) in [4.78, 5) is 15.1. The first-order valence-corrected chi connectivity index (χ1v) is 10.1. The molecule has 7 heteroatoms. The molecule has 0 bridgehead atoms. The predicted octanol–water partition coefficient (Wildman–Crippen LogP) is 3.58. The molecule has 2 aromatic carbocycles. The highest BCUT2D eigenvalue weighted by Crippen LogP contribution is 2.33. The predicted molar refractivity (Wildman–Crippen MR) is 120 cm³/mol. The van der Waals surface area contributed by atoms with E-state index in [1.165, 1.54) is 0 Å². The zero-order valence-electron chi connectivity index (χ0n) is 18.4. The lowest BCUT2D eigenvalue weighted by Crippen LogP contribution is -2.30. The summed E-state index contributed by atoms with van der Waals surface area (Å²) < 4.78 is 21.4. The van der Waals surface area contributed by atoms with E-state index in [1.807, 2.05) is 31.2 Å². The Kier molecular flexibility index (Phi) is 7.68. The lowest BCUT2D eigenvalue weighted by Gasteiger charge is -2.23. The van der Waals surface area contributed by atoms with E-state index in [-0.39, 0.29) is 5.75 Å². The summed E-state index contributed by atoms with van der Waals surface area (Å²) in [5.41, 5.74) is 2.60. The number of nitrogens with zero attached hydrogens (tertiary/aromatic N) is 1. The van der Waals surface area contributed by atoms with E-state index in [0.29, 0.717) is 55.3 Å². The van der Waals surface area contributed by atoms with E-state index in [9.17, 15) is 9.90 Å². The van der Waals surface area contributed by atoms with Gasteiger partial charge in [0.2, 0.25) is 0 Å². The quantitative estimate of drug-likeness (QED) is 0.495. The average Bonchev–Trinajstić information content (AvgIpc) is 2.77. The largest absolute Gasteiger partial charge is 0.507 e. The molecule has 0 amide bonds. The first-order valence-electron chi connectivity index (χ1n) is 10.1. The summed E-state index contributed by atoms with van der Waals surface area (Å²) >= 11 is 0. The van der Waals surface area contributed by atoms with Crippen LogP contribution in [0.3, 0.4) is 0 Å². The van der Waals surface area contributed by atoms with Crippen LogP contribution in [-0.4, -0.2) is 57.6 Å². The van der Waals surface area contributed by atoms with Crippen LogP contribution in [0, 0.1) is 6.92 Å². The van der Waals surface area contributed by atoms with Gasteiger partial charge in [0.15, 0.2) is 0 Å². The maximum Gasteiger partial charge on any atom is 0.344 e. The number of benzene rings is 2. The molecular weight excluding hydrogens is 398 g/mol. The number of phenolic OH excluding ortho intramolecular Hbond substituents is 1. The fourth-order valence-electron chi connectivity index (χ4n) is 3.64. The second-order valence-electron chi connectivity index (χ2n) is 7.32. The number of fused-ring (bicyclic) bond motifs is 1. The first kappa shape index (κ1) is 22.8. The molecule has 7 nitrogen and oxygen atoms in total. The van der Waals surface area contributed by atoms with Crippen molar-refractivity contribution in [2.45, 2.75) is 13.5 Å². The Labute approximate surface area is 181 Å². The maximum absolute atomic E-state index is 13.0. The molecule has 0 aliphatic heterocycles. The molecule has 3 rings (SSSR count). The van der Waals surface area contributed by atoms with Gasteiger partial charge in [-0.2, -0.15) is 0 Å². The summed E-state index contributed by atoms with van der Waals surface area (Å²) in [7, 11) is 4.89. The van der Waals surface area contributed by atoms with Gasteiger partial charge in [0, 0.05) is 39.2 Å². The molecule has 1 heterocycles. The molecule has 1 aromatic heterocycles. The Morgan fingerprint density at radius 1 is 0.968 bits per heavy atom. The van der Waals surface area contributed by atoms with Crippen LogP contribution in [0.15, 0.2) is 45.6 Å². The maximum atomic E-state index is 13.0.